The molecule has 0 radical (unpaired) electrons. The first-order chi connectivity index (χ1) is 8.21. The number of halogens is 1. The second-order valence-electron chi connectivity index (χ2n) is 4.77. The van der Waals surface area contributed by atoms with Crippen LogP contribution in [0.1, 0.15) is 38.2 Å². The minimum Gasteiger partial charge on any atom is -0.382 e. The van der Waals surface area contributed by atoms with Crippen LogP contribution in [-0.4, -0.2) is 6.04 Å². The van der Waals surface area contributed by atoms with E-state index in [1.165, 1.54) is 25.0 Å². The molecule has 2 rings (SSSR count). The Morgan fingerprint density at radius 1 is 1.47 bits per heavy atom. The molecule has 3 heteroatoms. The Kier molecular flexibility index (Phi) is 3.63. The summed E-state index contributed by atoms with van der Waals surface area (Å²) in [5.41, 5.74) is 1.09. The lowest BCUT2D eigenvalue weighted by molar-refractivity contribution is 0.585. The number of nitriles is 1. The van der Waals surface area contributed by atoms with E-state index in [2.05, 4.69) is 12.2 Å². The van der Waals surface area contributed by atoms with Crippen molar-refractivity contribution in [3.05, 3.63) is 29.6 Å². The van der Waals surface area contributed by atoms with Gasteiger partial charge in [0.05, 0.1) is 11.6 Å². The van der Waals surface area contributed by atoms with Crippen LogP contribution in [0.15, 0.2) is 18.2 Å². The van der Waals surface area contributed by atoms with E-state index in [1.807, 2.05) is 6.07 Å². The normalized spacial score (nSPS) is 16.3. The van der Waals surface area contributed by atoms with Crippen molar-refractivity contribution in [1.82, 2.24) is 0 Å². The molecule has 0 bridgehead atoms. The van der Waals surface area contributed by atoms with Gasteiger partial charge in [0.25, 0.3) is 0 Å². The van der Waals surface area contributed by atoms with E-state index in [9.17, 15) is 4.39 Å². The lowest BCUT2D eigenvalue weighted by Crippen LogP contribution is -2.19. The van der Waals surface area contributed by atoms with Gasteiger partial charge in [0.2, 0.25) is 0 Å². The van der Waals surface area contributed by atoms with Crippen molar-refractivity contribution in [2.75, 3.05) is 5.32 Å². The van der Waals surface area contributed by atoms with E-state index in [4.69, 9.17) is 5.26 Å². The number of anilines is 1. The molecule has 17 heavy (non-hydrogen) atoms. The molecule has 1 aromatic carbocycles. The molecule has 1 atom stereocenters. The SMILES string of the molecule is CCC(CC1CC1)Nc1cc(F)cc(C#N)c1. The van der Waals surface area contributed by atoms with Gasteiger partial charge in [-0.15, -0.1) is 0 Å². The van der Waals surface area contributed by atoms with Crippen molar-refractivity contribution in [1.29, 1.82) is 5.26 Å². The van der Waals surface area contributed by atoms with Crippen molar-refractivity contribution in [2.24, 2.45) is 5.92 Å². The van der Waals surface area contributed by atoms with E-state index in [0.717, 1.165) is 18.8 Å². The second kappa shape index (κ2) is 5.18. The van der Waals surface area contributed by atoms with Crippen LogP contribution in [0.25, 0.3) is 0 Å². The summed E-state index contributed by atoms with van der Waals surface area (Å²) in [5.74, 6) is 0.490. The highest BCUT2D eigenvalue weighted by Gasteiger charge is 2.24. The van der Waals surface area contributed by atoms with Crippen LogP contribution >= 0.6 is 0 Å². The number of nitrogens with one attached hydrogen (secondary N) is 1. The number of benzene rings is 1. The summed E-state index contributed by atoms with van der Waals surface area (Å²) < 4.78 is 13.3. The van der Waals surface area contributed by atoms with Crippen LogP contribution in [0.5, 0.6) is 0 Å². The lowest BCUT2D eigenvalue weighted by atomic mass is 10.1. The third kappa shape index (κ3) is 3.45. The Balaban J connectivity index is 2.05. The molecular weight excluding hydrogens is 215 g/mol. The van der Waals surface area contributed by atoms with Crippen LogP contribution in [0, 0.1) is 23.1 Å². The van der Waals surface area contributed by atoms with E-state index in [1.54, 1.807) is 6.07 Å². The molecule has 1 aliphatic carbocycles. The van der Waals surface area contributed by atoms with Crippen LogP contribution < -0.4 is 5.32 Å². The first kappa shape index (κ1) is 11.9. The van der Waals surface area contributed by atoms with E-state index < -0.39 is 0 Å². The molecule has 0 amide bonds. The lowest BCUT2D eigenvalue weighted by Gasteiger charge is -2.18. The number of hydrogen-bond donors (Lipinski definition) is 1. The number of hydrogen-bond acceptors (Lipinski definition) is 2. The molecule has 1 aliphatic rings. The van der Waals surface area contributed by atoms with Crippen LogP contribution in [0.2, 0.25) is 0 Å². The van der Waals surface area contributed by atoms with Crippen molar-refractivity contribution in [3.8, 4) is 6.07 Å². The summed E-state index contributed by atoms with van der Waals surface area (Å²) in [6, 6.07) is 6.78. The zero-order valence-electron chi connectivity index (χ0n) is 10.0. The van der Waals surface area contributed by atoms with Crippen LogP contribution in [0.3, 0.4) is 0 Å². The van der Waals surface area contributed by atoms with Gasteiger partial charge in [0, 0.05) is 11.7 Å². The van der Waals surface area contributed by atoms with E-state index in [-0.39, 0.29) is 5.82 Å². The molecule has 1 unspecified atom stereocenters. The average molecular weight is 232 g/mol. The van der Waals surface area contributed by atoms with Gasteiger partial charge in [-0.2, -0.15) is 5.26 Å². The molecule has 90 valence electrons. The maximum absolute atomic E-state index is 13.3. The Labute approximate surface area is 101 Å². The highest BCUT2D eigenvalue weighted by atomic mass is 19.1. The maximum atomic E-state index is 13.3. The summed E-state index contributed by atoms with van der Waals surface area (Å²) in [4.78, 5) is 0. The zero-order valence-corrected chi connectivity index (χ0v) is 10.0. The smallest absolute Gasteiger partial charge is 0.126 e. The van der Waals surface area contributed by atoms with Crippen LogP contribution in [-0.2, 0) is 0 Å². The third-order valence-corrected chi connectivity index (χ3v) is 3.21. The fourth-order valence-corrected chi connectivity index (χ4v) is 2.06. The topological polar surface area (TPSA) is 35.8 Å². The van der Waals surface area contributed by atoms with Crippen molar-refractivity contribution in [3.63, 3.8) is 0 Å². The molecule has 1 N–H and O–H groups in total. The summed E-state index contributed by atoms with van der Waals surface area (Å²) in [6.07, 6.45) is 4.82. The minimum absolute atomic E-state index is 0.354. The number of rotatable bonds is 5. The maximum Gasteiger partial charge on any atom is 0.126 e. The molecule has 1 aromatic rings. The highest BCUT2D eigenvalue weighted by molar-refractivity contribution is 5.50. The van der Waals surface area contributed by atoms with E-state index in [0.29, 0.717) is 17.3 Å². The highest BCUT2D eigenvalue weighted by Crippen LogP contribution is 2.34. The van der Waals surface area contributed by atoms with Crippen molar-refractivity contribution in [2.45, 2.75) is 38.6 Å². The van der Waals surface area contributed by atoms with Gasteiger partial charge in [-0.05, 0) is 37.0 Å². The number of nitrogens with zero attached hydrogens (tertiary/aromatic N) is 1. The predicted octanol–water partition coefficient (Wildman–Crippen LogP) is 3.69. The Bertz CT molecular complexity index is 432. The fourth-order valence-electron chi connectivity index (χ4n) is 2.06. The molecule has 0 heterocycles. The fraction of sp³-hybridized carbons (Fsp3) is 0.500. The second-order valence-corrected chi connectivity index (χ2v) is 4.77. The molecule has 1 fully saturated rings. The molecule has 0 aliphatic heterocycles. The summed E-state index contributed by atoms with van der Waals surface area (Å²) >= 11 is 0. The largest absolute Gasteiger partial charge is 0.382 e. The summed E-state index contributed by atoms with van der Waals surface area (Å²) in [5, 5.41) is 12.1. The molecule has 2 nitrogen and oxygen atoms in total. The monoisotopic (exact) mass is 232 g/mol. The van der Waals surface area contributed by atoms with E-state index >= 15 is 0 Å². The summed E-state index contributed by atoms with van der Waals surface area (Å²) in [6.45, 7) is 2.13. The molecule has 0 spiro atoms. The van der Waals surface area contributed by atoms with Gasteiger partial charge >= 0.3 is 0 Å². The Morgan fingerprint density at radius 2 is 2.24 bits per heavy atom. The van der Waals surface area contributed by atoms with Crippen molar-refractivity contribution >= 4 is 5.69 Å². The average Bonchev–Trinajstić information content (AvgIpc) is 3.11. The van der Waals surface area contributed by atoms with Gasteiger partial charge in [-0.25, -0.2) is 4.39 Å². The molecule has 1 saturated carbocycles. The van der Waals surface area contributed by atoms with Gasteiger partial charge in [0.15, 0.2) is 0 Å². The van der Waals surface area contributed by atoms with Crippen LogP contribution in [0.4, 0.5) is 10.1 Å². The standard InChI is InChI=1S/C14H17FN2/c1-2-13(6-10-3-4-10)17-14-7-11(9-16)5-12(15)8-14/h5,7-8,10,13,17H,2-4,6H2,1H3. The van der Waals surface area contributed by atoms with Gasteiger partial charge in [-0.3, -0.25) is 0 Å². The van der Waals surface area contributed by atoms with Crippen molar-refractivity contribution < 1.29 is 4.39 Å². The zero-order chi connectivity index (χ0) is 12.3. The quantitative estimate of drug-likeness (QED) is 0.840. The Hall–Kier alpha value is -1.56. The van der Waals surface area contributed by atoms with Gasteiger partial charge in [-0.1, -0.05) is 19.8 Å². The first-order valence-electron chi connectivity index (χ1n) is 6.18. The van der Waals surface area contributed by atoms with Gasteiger partial charge in [0.1, 0.15) is 5.82 Å². The summed E-state index contributed by atoms with van der Waals surface area (Å²) in [7, 11) is 0. The third-order valence-electron chi connectivity index (χ3n) is 3.21. The Morgan fingerprint density at radius 3 is 2.82 bits per heavy atom. The predicted molar refractivity (Wildman–Crippen MR) is 66.2 cm³/mol. The molecular formula is C14H17FN2. The minimum atomic E-state index is -0.354. The first-order valence-corrected chi connectivity index (χ1v) is 6.18. The van der Waals surface area contributed by atoms with Gasteiger partial charge < -0.3 is 5.32 Å². The molecule has 0 saturated heterocycles. The molecule has 0 aromatic heterocycles.